The van der Waals surface area contributed by atoms with Crippen molar-refractivity contribution in [2.45, 2.75) is 32.4 Å². The molecule has 1 aliphatic heterocycles. The summed E-state index contributed by atoms with van der Waals surface area (Å²) in [5, 5.41) is 13.5. The van der Waals surface area contributed by atoms with Gasteiger partial charge in [0.25, 0.3) is 0 Å². The highest BCUT2D eigenvalue weighted by atomic mass is 16.5. The number of nitrogens with one attached hydrogen (secondary N) is 1. The topological polar surface area (TPSA) is 50.7 Å². The lowest BCUT2D eigenvalue weighted by atomic mass is 10.0. The van der Waals surface area contributed by atoms with Gasteiger partial charge in [0, 0.05) is 24.6 Å². The van der Waals surface area contributed by atoms with Crippen molar-refractivity contribution in [1.82, 2.24) is 5.32 Å². The van der Waals surface area contributed by atoms with Gasteiger partial charge in [0.15, 0.2) is 11.5 Å². The van der Waals surface area contributed by atoms with Gasteiger partial charge in [0.1, 0.15) is 5.75 Å². The largest absolute Gasteiger partial charge is 0.508 e. The van der Waals surface area contributed by atoms with Crippen molar-refractivity contribution < 1.29 is 14.6 Å². The van der Waals surface area contributed by atoms with Crippen LogP contribution in [0.25, 0.3) is 0 Å². The highest BCUT2D eigenvalue weighted by Gasteiger charge is 2.14. The van der Waals surface area contributed by atoms with Crippen LogP contribution in [0.4, 0.5) is 0 Å². The third-order valence-electron chi connectivity index (χ3n) is 4.08. The fourth-order valence-electron chi connectivity index (χ4n) is 2.82. The molecule has 0 saturated heterocycles. The number of ether oxygens (including phenoxy) is 2. The van der Waals surface area contributed by atoms with E-state index in [0.717, 1.165) is 35.5 Å². The Labute approximate surface area is 137 Å². The summed E-state index contributed by atoms with van der Waals surface area (Å²) >= 11 is 0. The normalized spacial score (nSPS) is 15.0. The summed E-state index contributed by atoms with van der Waals surface area (Å²) in [6.07, 6.45) is 1.82. The smallest absolute Gasteiger partial charge is 0.161 e. The summed E-state index contributed by atoms with van der Waals surface area (Å²) in [5.74, 6) is 1.97. The van der Waals surface area contributed by atoms with Gasteiger partial charge in [0.05, 0.1) is 13.2 Å². The minimum Gasteiger partial charge on any atom is -0.508 e. The third-order valence-corrected chi connectivity index (χ3v) is 4.08. The van der Waals surface area contributed by atoms with Crippen molar-refractivity contribution in [2.75, 3.05) is 13.2 Å². The Morgan fingerprint density at radius 3 is 2.65 bits per heavy atom. The molecule has 4 nitrogen and oxygen atoms in total. The first-order valence-corrected chi connectivity index (χ1v) is 8.17. The van der Waals surface area contributed by atoms with Crippen LogP contribution in [-0.2, 0) is 6.54 Å². The first-order valence-electron chi connectivity index (χ1n) is 8.17. The quantitative estimate of drug-likeness (QED) is 0.881. The number of phenols is 1. The zero-order valence-electron chi connectivity index (χ0n) is 13.4. The number of para-hydroxylation sites is 1. The fourth-order valence-corrected chi connectivity index (χ4v) is 2.82. The Hall–Kier alpha value is -2.20. The molecule has 23 heavy (non-hydrogen) atoms. The van der Waals surface area contributed by atoms with Gasteiger partial charge in [0.2, 0.25) is 0 Å². The summed E-state index contributed by atoms with van der Waals surface area (Å²) in [4.78, 5) is 0. The minimum atomic E-state index is 0.118. The molecule has 122 valence electrons. The number of hydrogen-bond acceptors (Lipinski definition) is 4. The SMILES string of the molecule is CCC(NCc1ccc2c(c1)OCCCO2)c1ccccc1O. The molecule has 0 fully saturated rings. The maximum absolute atomic E-state index is 10.0. The summed E-state index contributed by atoms with van der Waals surface area (Å²) < 4.78 is 11.4. The second-order valence-electron chi connectivity index (χ2n) is 5.73. The van der Waals surface area contributed by atoms with Crippen molar-refractivity contribution in [1.29, 1.82) is 0 Å². The second kappa shape index (κ2) is 7.38. The number of fused-ring (bicyclic) bond motifs is 1. The van der Waals surface area contributed by atoms with Crippen LogP contribution < -0.4 is 14.8 Å². The van der Waals surface area contributed by atoms with Crippen LogP contribution >= 0.6 is 0 Å². The molecule has 1 aliphatic rings. The molecule has 2 aromatic carbocycles. The molecule has 3 rings (SSSR count). The molecule has 0 radical (unpaired) electrons. The standard InChI is InChI=1S/C19H23NO3/c1-2-16(15-6-3-4-7-17(15)21)20-13-14-8-9-18-19(12-14)23-11-5-10-22-18/h3-4,6-9,12,16,20-21H,2,5,10-11,13H2,1H3. The molecule has 2 N–H and O–H groups in total. The van der Waals surface area contributed by atoms with Crippen molar-refractivity contribution in [3.05, 3.63) is 53.6 Å². The van der Waals surface area contributed by atoms with Crippen LogP contribution in [0.2, 0.25) is 0 Å². The van der Waals surface area contributed by atoms with Crippen molar-refractivity contribution in [3.63, 3.8) is 0 Å². The molecule has 0 spiro atoms. The van der Waals surface area contributed by atoms with E-state index in [-0.39, 0.29) is 6.04 Å². The van der Waals surface area contributed by atoms with E-state index in [2.05, 4.69) is 18.3 Å². The lowest BCUT2D eigenvalue weighted by Crippen LogP contribution is -2.20. The molecule has 0 aromatic heterocycles. The molecular weight excluding hydrogens is 290 g/mol. The van der Waals surface area contributed by atoms with Gasteiger partial charge in [-0.1, -0.05) is 31.2 Å². The Morgan fingerprint density at radius 1 is 1.09 bits per heavy atom. The summed E-state index contributed by atoms with van der Waals surface area (Å²) in [5.41, 5.74) is 2.08. The molecule has 0 bridgehead atoms. The maximum atomic E-state index is 10.0. The number of hydrogen-bond donors (Lipinski definition) is 2. The first kappa shape index (κ1) is 15.7. The van der Waals surface area contributed by atoms with E-state index < -0.39 is 0 Å². The van der Waals surface area contributed by atoms with Crippen molar-refractivity contribution in [3.8, 4) is 17.2 Å². The lowest BCUT2D eigenvalue weighted by molar-refractivity contribution is 0.297. The first-order chi connectivity index (χ1) is 11.3. The third kappa shape index (κ3) is 3.77. The van der Waals surface area contributed by atoms with E-state index in [0.29, 0.717) is 25.5 Å². The average Bonchev–Trinajstić information content (AvgIpc) is 2.81. The van der Waals surface area contributed by atoms with Crippen LogP contribution in [0, 0.1) is 0 Å². The molecular formula is C19H23NO3. The van der Waals surface area contributed by atoms with Crippen LogP contribution in [0.5, 0.6) is 17.2 Å². The average molecular weight is 313 g/mol. The molecule has 0 aliphatic carbocycles. The predicted molar refractivity (Wildman–Crippen MR) is 90.0 cm³/mol. The van der Waals surface area contributed by atoms with Crippen molar-refractivity contribution >= 4 is 0 Å². The van der Waals surface area contributed by atoms with Crippen molar-refractivity contribution in [2.24, 2.45) is 0 Å². The van der Waals surface area contributed by atoms with Gasteiger partial charge in [-0.2, -0.15) is 0 Å². The van der Waals surface area contributed by atoms with E-state index >= 15 is 0 Å². The highest BCUT2D eigenvalue weighted by Crippen LogP contribution is 2.31. The van der Waals surface area contributed by atoms with Gasteiger partial charge >= 0.3 is 0 Å². The van der Waals surface area contributed by atoms with E-state index in [1.165, 1.54) is 0 Å². The van der Waals surface area contributed by atoms with Gasteiger partial charge < -0.3 is 19.9 Å². The zero-order valence-corrected chi connectivity index (χ0v) is 13.4. The van der Waals surface area contributed by atoms with Crippen LogP contribution in [0.15, 0.2) is 42.5 Å². The Bertz CT molecular complexity index is 657. The molecule has 1 unspecified atom stereocenters. The van der Waals surface area contributed by atoms with Crippen LogP contribution in [0.1, 0.15) is 36.9 Å². The van der Waals surface area contributed by atoms with Gasteiger partial charge in [-0.15, -0.1) is 0 Å². The van der Waals surface area contributed by atoms with Crippen LogP contribution in [0.3, 0.4) is 0 Å². The monoisotopic (exact) mass is 313 g/mol. The fraction of sp³-hybridized carbons (Fsp3) is 0.368. The number of benzene rings is 2. The molecule has 2 aromatic rings. The summed E-state index contributed by atoms with van der Waals surface area (Å²) in [6, 6.07) is 13.7. The Balaban J connectivity index is 1.70. The zero-order chi connectivity index (χ0) is 16.1. The summed E-state index contributed by atoms with van der Waals surface area (Å²) in [7, 11) is 0. The molecule has 1 heterocycles. The number of aromatic hydroxyl groups is 1. The van der Waals surface area contributed by atoms with Gasteiger partial charge in [-0.3, -0.25) is 0 Å². The predicted octanol–water partition coefficient (Wildman–Crippen LogP) is 3.79. The lowest BCUT2D eigenvalue weighted by Gasteiger charge is -2.19. The highest BCUT2D eigenvalue weighted by molar-refractivity contribution is 5.43. The molecule has 4 heteroatoms. The van der Waals surface area contributed by atoms with Crippen LogP contribution in [-0.4, -0.2) is 18.3 Å². The minimum absolute atomic E-state index is 0.118. The summed E-state index contributed by atoms with van der Waals surface area (Å²) in [6.45, 7) is 4.22. The number of rotatable bonds is 5. The Morgan fingerprint density at radius 2 is 1.87 bits per heavy atom. The van der Waals surface area contributed by atoms with E-state index in [1.54, 1.807) is 6.07 Å². The van der Waals surface area contributed by atoms with Gasteiger partial charge in [-0.25, -0.2) is 0 Å². The Kier molecular flexibility index (Phi) is 5.03. The van der Waals surface area contributed by atoms with E-state index in [9.17, 15) is 5.11 Å². The van der Waals surface area contributed by atoms with E-state index in [4.69, 9.17) is 9.47 Å². The number of phenolic OH excluding ortho intramolecular Hbond substituents is 1. The molecule has 0 amide bonds. The molecule has 0 saturated carbocycles. The second-order valence-corrected chi connectivity index (χ2v) is 5.73. The van der Waals surface area contributed by atoms with E-state index in [1.807, 2.05) is 30.3 Å². The molecule has 1 atom stereocenters. The van der Waals surface area contributed by atoms with Gasteiger partial charge in [-0.05, 0) is 30.2 Å². The maximum Gasteiger partial charge on any atom is 0.161 e.